The highest BCUT2D eigenvalue weighted by molar-refractivity contribution is 7.99. The number of aliphatic carboxylic acids is 1. The first-order valence-corrected chi connectivity index (χ1v) is 7.90. The SMILES string of the molecule is COC1CC(C(=O)O)N(C(=O)CC2CCSCC2)C1. The monoisotopic (exact) mass is 287 g/mol. The minimum atomic E-state index is -0.924. The van der Waals surface area contributed by atoms with Crippen molar-refractivity contribution in [3.8, 4) is 0 Å². The van der Waals surface area contributed by atoms with Crippen molar-refractivity contribution in [3.05, 3.63) is 0 Å². The van der Waals surface area contributed by atoms with E-state index in [2.05, 4.69) is 0 Å². The van der Waals surface area contributed by atoms with Crippen LogP contribution in [0.3, 0.4) is 0 Å². The summed E-state index contributed by atoms with van der Waals surface area (Å²) < 4.78 is 5.20. The van der Waals surface area contributed by atoms with E-state index in [-0.39, 0.29) is 12.0 Å². The average molecular weight is 287 g/mol. The van der Waals surface area contributed by atoms with Crippen LogP contribution >= 0.6 is 11.8 Å². The summed E-state index contributed by atoms with van der Waals surface area (Å²) in [5.74, 6) is 1.70. The van der Waals surface area contributed by atoms with Gasteiger partial charge in [-0.05, 0) is 30.3 Å². The summed E-state index contributed by atoms with van der Waals surface area (Å²) in [6, 6.07) is -0.713. The van der Waals surface area contributed by atoms with Gasteiger partial charge in [0.25, 0.3) is 0 Å². The van der Waals surface area contributed by atoms with Gasteiger partial charge in [0, 0.05) is 26.5 Å². The first-order chi connectivity index (χ1) is 9.11. The second-order valence-electron chi connectivity index (χ2n) is 5.25. The highest BCUT2D eigenvalue weighted by atomic mass is 32.2. The van der Waals surface area contributed by atoms with Gasteiger partial charge in [-0.1, -0.05) is 0 Å². The number of ether oxygens (including phenoxy) is 1. The maximum Gasteiger partial charge on any atom is 0.326 e. The number of nitrogens with zero attached hydrogens (tertiary/aromatic N) is 1. The molecule has 0 bridgehead atoms. The predicted molar refractivity (Wildman–Crippen MR) is 73.2 cm³/mol. The largest absolute Gasteiger partial charge is 0.480 e. The van der Waals surface area contributed by atoms with Gasteiger partial charge in [0.1, 0.15) is 6.04 Å². The third-order valence-electron chi connectivity index (χ3n) is 4.01. The van der Waals surface area contributed by atoms with Crippen molar-refractivity contribution in [1.82, 2.24) is 4.90 Å². The van der Waals surface area contributed by atoms with Crippen LogP contribution in [0.5, 0.6) is 0 Å². The van der Waals surface area contributed by atoms with Gasteiger partial charge in [0.05, 0.1) is 6.10 Å². The van der Waals surface area contributed by atoms with Crippen LogP contribution in [0.15, 0.2) is 0 Å². The van der Waals surface area contributed by atoms with E-state index in [1.54, 1.807) is 7.11 Å². The molecule has 2 rings (SSSR count). The molecule has 2 heterocycles. The Morgan fingerprint density at radius 3 is 2.63 bits per heavy atom. The Labute approximate surface area is 117 Å². The molecule has 1 N–H and O–H groups in total. The molecule has 0 aromatic carbocycles. The molecule has 0 spiro atoms. The molecule has 2 saturated heterocycles. The molecule has 0 aromatic rings. The number of hydrogen-bond donors (Lipinski definition) is 1. The third-order valence-corrected chi connectivity index (χ3v) is 5.05. The number of rotatable bonds is 4. The van der Waals surface area contributed by atoms with Crippen molar-refractivity contribution in [2.24, 2.45) is 5.92 Å². The Bertz CT molecular complexity index is 344. The number of thioether (sulfide) groups is 1. The molecule has 0 aliphatic carbocycles. The quantitative estimate of drug-likeness (QED) is 0.842. The first-order valence-electron chi connectivity index (χ1n) is 6.74. The Balaban J connectivity index is 1.94. The van der Waals surface area contributed by atoms with E-state index in [1.807, 2.05) is 11.8 Å². The zero-order valence-corrected chi connectivity index (χ0v) is 12.0. The van der Waals surface area contributed by atoms with E-state index < -0.39 is 12.0 Å². The number of likely N-dealkylation sites (tertiary alicyclic amines) is 1. The number of carbonyl (C=O) groups excluding carboxylic acids is 1. The number of amides is 1. The lowest BCUT2D eigenvalue weighted by atomic mass is 9.98. The Kier molecular flexibility index (Phi) is 5.10. The van der Waals surface area contributed by atoms with Gasteiger partial charge in [-0.2, -0.15) is 11.8 Å². The maximum atomic E-state index is 12.3. The predicted octanol–water partition coefficient (Wildman–Crippen LogP) is 1.22. The van der Waals surface area contributed by atoms with Crippen LogP contribution in [0.25, 0.3) is 0 Å². The van der Waals surface area contributed by atoms with Crippen LogP contribution in [-0.2, 0) is 14.3 Å². The fraction of sp³-hybridized carbons (Fsp3) is 0.846. The number of carboxylic acids is 1. The summed E-state index contributed by atoms with van der Waals surface area (Å²) in [4.78, 5) is 25.0. The molecular weight excluding hydrogens is 266 g/mol. The topological polar surface area (TPSA) is 66.8 Å². The van der Waals surface area contributed by atoms with E-state index in [4.69, 9.17) is 4.74 Å². The highest BCUT2D eigenvalue weighted by Gasteiger charge is 2.40. The standard InChI is InChI=1S/C13H21NO4S/c1-18-10-7-11(13(16)17)14(8-10)12(15)6-9-2-4-19-5-3-9/h9-11H,2-8H2,1H3,(H,16,17). The first kappa shape index (κ1) is 14.7. The highest BCUT2D eigenvalue weighted by Crippen LogP contribution is 2.28. The van der Waals surface area contributed by atoms with Gasteiger partial charge >= 0.3 is 5.97 Å². The Morgan fingerprint density at radius 1 is 1.37 bits per heavy atom. The molecule has 2 aliphatic heterocycles. The zero-order chi connectivity index (χ0) is 13.8. The molecule has 2 atom stereocenters. The average Bonchev–Trinajstić information content (AvgIpc) is 2.84. The lowest BCUT2D eigenvalue weighted by molar-refractivity contribution is -0.148. The molecule has 2 unspecified atom stereocenters. The number of carbonyl (C=O) groups is 2. The second-order valence-corrected chi connectivity index (χ2v) is 6.48. The minimum absolute atomic E-state index is 0.0242. The van der Waals surface area contributed by atoms with Gasteiger partial charge in [-0.3, -0.25) is 4.79 Å². The number of hydrogen-bond acceptors (Lipinski definition) is 4. The summed E-state index contributed by atoms with van der Waals surface area (Å²) in [5.41, 5.74) is 0. The van der Waals surface area contributed by atoms with Crippen molar-refractivity contribution < 1.29 is 19.4 Å². The summed E-state index contributed by atoms with van der Waals surface area (Å²) in [6.45, 7) is 0.410. The van der Waals surface area contributed by atoms with Gasteiger partial charge in [-0.15, -0.1) is 0 Å². The van der Waals surface area contributed by atoms with Crippen molar-refractivity contribution >= 4 is 23.6 Å². The van der Waals surface area contributed by atoms with Crippen LogP contribution in [0.4, 0.5) is 0 Å². The van der Waals surface area contributed by atoms with Gasteiger partial charge in [-0.25, -0.2) is 4.79 Å². The molecular formula is C13H21NO4S. The van der Waals surface area contributed by atoms with E-state index in [0.29, 0.717) is 25.3 Å². The van der Waals surface area contributed by atoms with Crippen molar-refractivity contribution in [3.63, 3.8) is 0 Å². The summed E-state index contributed by atoms with van der Waals surface area (Å²) in [5, 5.41) is 9.20. The lowest BCUT2D eigenvalue weighted by Crippen LogP contribution is -2.41. The van der Waals surface area contributed by atoms with Crippen molar-refractivity contribution in [2.45, 2.75) is 37.8 Å². The molecule has 1 amide bonds. The van der Waals surface area contributed by atoms with E-state index in [1.165, 1.54) is 4.90 Å². The van der Waals surface area contributed by atoms with Gasteiger partial charge < -0.3 is 14.7 Å². The normalized spacial score (nSPS) is 28.6. The summed E-state index contributed by atoms with van der Waals surface area (Å²) in [7, 11) is 1.57. The molecule has 0 aromatic heterocycles. The molecule has 108 valence electrons. The fourth-order valence-corrected chi connectivity index (χ4v) is 4.00. The van der Waals surface area contributed by atoms with Crippen LogP contribution in [-0.4, -0.2) is 59.2 Å². The molecule has 6 heteroatoms. The minimum Gasteiger partial charge on any atom is -0.480 e. The van der Waals surface area contributed by atoms with Crippen molar-refractivity contribution in [1.29, 1.82) is 0 Å². The second kappa shape index (κ2) is 6.61. The number of methoxy groups -OCH3 is 1. The van der Waals surface area contributed by atoms with E-state index >= 15 is 0 Å². The molecule has 0 saturated carbocycles. The third kappa shape index (κ3) is 3.63. The van der Waals surface area contributed by atoms with Crippen LogP contribution in [0.1, 0.15) is 25.7 Å². The molecule has 19 heavy (non-hydrogen) atoms. The number of carboxylic acid groups (broad SMARTS) is 1. The van der Waals surface area contributed by atoms with Crippen molar-refractivity contribution in [2.75, 3.05) is 25.2 Å². The van der Waals surface area contributed by atoms with Crippen LogP contribution in [0.2, 0.25) is 0 Å². The lowest BCUT2D eigenvalue weighted by Gasteiger charge is -2.26. The van der Waals surface area contributed by atoms with E-state index in [9.17, 15) is 14.7 Å². The molecule has 2 fully saturated rings. The summed E-state index contributed by atoms with van der Waals surface area (Å²) >= 11 is 1.93. The maximum absolute atomic E-state index is 12.3. The zero-order valence-electron chi connectivity index (χ0n) is 11.2. The van der Waals surface area contributed by atoms with Gasteiger partial charge in [0.15, 0.2) is 0 Å². The molecule has 5 nitrogen and oxygen atoms in total. The van der Waals surface area contributed by atoms with Gasteiger partial charge in [0.2, 0.25) is 5.91 Å². The smallest absolute Gasteiger partial charge is 0.326 e. The Morgan fingerprint density at radius 2 is 2.05 bits per heavy atom. The summed E-state index contributed by atoms with van der Waals surface area (Å²) in [6.07, 6.45) is 2.87. The van der Waals surface area contributed by atoms with E-state index in [0.717, 1.165) is 24.3 Å². The Hall–Kier alpha value is -0.750. The van der Waals surface area contributed by atoms with Crippen LogP contribution < -0.4 is 0 Å². The molecule has 2 aliphatic rings. The van der Waals surface area contributed by atoms with Crippen LogP contribution in [0, 0.1) is 5.92 Å². The molecule has 0 radical (unpaired) electrons. The fourth-order valence-electron chi connectivity index (χ4n) is 2.79.